The Balaban J connectivity index is 2.76. The molecule has 1 heterocycles. The molecule has 0 saturated carbocycles. The van der Waals surface area contributed by atoms with Crippen LogP contribution in [-0.4, -0.2) is 29.4 Å². The van der Waals surface area contributed by atoms with Gasteiger partial charge in [-0.15, -0.1) is 0 Å². The Morgan fingerprint density at radius 1 is 1.64 bits per heavy atom. The maximum atomic E-state index is 11.8. The van der Waals surface area contributed by atoms with E-state index in [0.29, 0.717) is 11.5 Å². The van der Waals surface area contributed by atoms with Crippen LogP contribution >= 0.6 is 23.6 Å². The molecule has 1 amide bonds. The first-order valence-electron chi connectivity index (χ1n) is 4.09. The molecule has 1 aromatic heterocycles. The Kier molecular flexibility index (Phi) is 3.60. The zero-order chi connectivity index (χ0) is 10.7. The van der Waals surface area contributed by atoms with E-state index in [2.05, 4.69) is 0 Å². The van der Waals surface area contributed by atoms with Gasteiger partial charge in [-0.1, -0.05) is 12.2 Å². The minimum atomic E-state index is -0.0310. The fourth-order valence-corrected chi connectivity index (χ4v) is 2.11. The summed E-state index contributed by atoms with van der Waals surface area (Å²) in [7, 11) is 1.69. The van der Waals surface area contributed by atoms with Gasteiger partial charge in [0, 0.05) is 12.4 Å². The highest BCUT2D eigenvalue weighted by Gasteiger charge is 2.14. The zero-order valence-electron chi connectivity index (χ0n) is 8.11. The summed E-state index contributed by atoms with van der Waals surface area (Å²) in [6.07, 6.45) is 0. The van der Waals surface area contributed by atoms with Crippen LogP contribution in [0.2, 0.25) is 0 Å². The summed E-state index contributed by atoms with van der Waals surface area (Å²) in [6.45, 7) is 2.24. The fourth-order valence-electron chi connectivity index (χ4n) is 1.09. The van der Waals surface area contributed by atoms with E-state index in [9.17, 15) is 4.79 Å². The monoisotopic (exact) mass is 228 g/mol. The highest BCUT2D eigenvalue weighted by Crippen LogP contribution is 2.15. The summed E-state index contributed by atoms with van der Waals surface area (Å²) in [5, 5.41) is 3.79. The number of carbonyl (C=O) groups excluding carboxylic acids is 1. The van der Waals surface area contributed by atoms with E-state index in [1.54, 1.807) is 7.05 Å². The first-order chi connectivity index (χ1) is 6.52. The lowest BCUT2D eigenvalue weighted by atomic mass is 10.2. The maximum Gasteiger partial charge on any atom is 0.255 e. The molecule has 0 aromatic carbocycles. The van der Waals surface area contributed by atoms with Gasteiger partial charge >= 0.3 is 0 Å². The lowest BCUT2D eigenvalue weighted by molar-refractivity contribution is 0.0815. The molecule has 76 valence electrons. The van der Waals surface area contributed by atoms with Crippen molar-refractivity contribution in [3.8, 4) is 0 Å². The number of hydrogen-bond donors (Lipinski definition) is 1. The second kappa shape index (κ2) is 4.52. The van der Waals surface area contributed by atoms with E-state index in [1.165, 1.54) is 16.2 Å². The number of thiophene rings is 1. The molecule has 0 atom stereocenters. The van der Waals surface area contributed by atoms with Crippen LogP contribution in [0.1, 0.15) is 15.9 Å². The minimum Gasteiger partial charge on any atom is -0.392 e. The zero-order valence-corrected chi connectivity index (χ0v) is 9.74. The van der Waals surface area contributed by atoms with Crippen LogP contribution in [0.15, 0.2) is 10.8 Å². The second-order valence-corrected chi connectivity index (χ2v) is 4.36. The van der Waals surface area contributed by atoms with Crippen LogP contribution in [0.5, 0.6) is 0 Å². The van der Waals surface area contributed by atoms with Crippen LogP contribution in [0.25, 0.3) is 0 Å². The van der Waals surface area contributed by atoms with Gasteiger partial charge < -0.3 is 10.6 Å². The SMILES string of the molecule is Cc1cscc1C(=O)N(C)CC(N)=S. The van der Waals surface area contributed by atoms with E-state index in [4.69, 9.17) is 18.0 Å². The Morgan fingerprint density at radius 2 is 2.29 bits per heavy atom. The topological polar surface area (TPSA) is 46.3 Å². The quantitative estimate of drug-likeness (QED) is 0.796. The number of amides is 1. The molecule has 0 aliphatic rings. The third-order valence-corrected chi connectivity index (χ3v) is 2.82. The molecule has 2 N–H and O–H groups in total. The molecule has 0 spiro atoms. The van der Waals surface area contributed by atoms with Gasteiger partial charge in [-0.2, -0.15) is 11.3 Å². The second-order valence-electron chi connectivity index (χ2n) is 3.10. The average molecular weight is 228 g/mol. The lowest BCUT2D eigenvalue weighted by Gasteiger charge is -2.15. The average Bonchev–Trinajstić information content (AvgIpc) is 2.48. The Hall–Kier alpha value is -0.940. The number of carbonyl (C=O) groups is 1. The number of hydrogen-bond acceptors (Lipinski definition) is 3. The molecule has 0 aliphatic heterocycles. The van der Waals surface area contributed by atoms with E-state index >= 15 is 0 Å². The summed E-state index contributed by atoms with van der Waals surface area (Å²) in [5.41, 5.74) is 7.09. The molecule has 0 aliphatic carbocycles. The molecule has 1 rings (SSSR count). The van der Waals surface area contributed by atoms with Crippen molar-refractivity contribution in [2.24, 2.45) is 5.73 Å². The number of nitrogens with zero attached hydrogens (tertiary/aromatic N) is 1. The highest BCUT2D eigenvalue weighted by atomic mass is 32.1. The minimum absolute atomic E-state index is 0.0310. The van der Waals surface area contributed by atoms with Gasteiger partial charge in [0.1, 0.15) is 0 Å². The van der Waals surface area contributed by atoms with Gasteiger partial charge in [0.15, 0.2) is 0 Å². The molecule has 1 aromatic rings. The van der Waals surface area contributed by atoms with Gasteiger partial charge in [-0.05, 0) is 17.9 Å². The molecule has 3 nitrogen and oxygen atoms in total. The summed E-state index contributed by atoms with van der Waals surface area (Å²) in [4.78, 5) is 13.6. The van der Waals surface area contributed by atoms with Crippen LogP contribution < -0.4 is 5.73 Å². The molecular weight excluding hydrogens is 216 g/mol. The van der Waals surface area contributed by atoms with Crippen LogP contribution in [0.3, 0.4) is 0 Å². The molecule has 0 fully saturated rings. The molecule has 0 bridgehead atoms. The largest absolute Gasteiger partial charge is 0.392 e. The summed E-state index contributed by atoms with van der Waals surface area (Å²) < 4.78 is 0. The smallest absolute Gasteiger partial charge is 0.255 e. The highest BCUT2D eigenvalue weighted by molar-refractivity contribution is 7.80. The predicted octanol–water partition coefficient (Wildman–Crippen LogP) is 1.41. The van der Waals surface area contributed by atoms with Crippen LogP contribution in [-0.2, 0) is 0 Å². The van der Waals surface area contributed by atoms with Crippen molar-refractivity contribution in [3.63, 3.8) is 0 Å². The van der Waals surface area contributed by atoms with Crippen molar-refractivity contribution in [2.45, 2.75) is 6.92 Å². The van der Waals surface area contributed by atoms with Gasteiger partial charge in [-0.3, -0.25) is 4.79 Å². The molecular formula is C9H12N2OS2. The first kappa shape index (κ1) is 11.1. The normalized spacial score (nSPS) is 9.86. The van der Waals surface area contributed by atoms with Crippen molar-refractivity contribution >= 4 is 34.5 Å². The third-order valence-electron chi connectivity index (χ3n) is 1.83. The molecule has 0 saturated heterocycles. The van der Waals surface area contributed by atoms with Gasteiger partial charge in [0.25, 0.3) is 5.91 Å². The third kappa shape index (κ3) is 2.52. The van der Waals surface area contributed by atoms with E-state index in [-0.39, 0.29) is 5.91 Å². The van der Waals surface area contributed by atoms with Gasteiger partial charge in [0.05, 0.1) is 17.1 Å². The number of likely N-dealkylation sites (N-methyl/N-ethyl adjacent to an activating group) is 1. The molecule has 14 heavy (non-hydrogen) atoms. The Labute approximate surface area is 92.5 Å². The summed E-state index contributed by atoms with van der Waals surface area (Å²) in [6, 6.07) is 0. The van der Waals surface area contributed by atoms with Crippen LogP contribution in [0.4, 0.5) is 0 Å². The molecule has 5 heteroatoms. The number of aryl methyl sites for hydroxylation is 1. The Bertz CT molecular complexity index is 359. The van der Waals surface area contributed by atoms with Gasteiger partial charge in [-0.25, -0.2) is 0 Å². The van der Waals surface area contributed by atoms with E-state index < -0.39 is 0 Å². The lowest BCUT2D eigenvalue weighted by Crippen LogP contribution is -2.34. The number of nitrogens with two attached hydrogens (primary N) is 1. The van der Waals surface area contributed by atoms with Crippen LogP contribution in [0, 0.1) is 6.92 Å². The molecule has 0 radical (unpaired) electrons. The van der Waals surface area contributed by atoms with Crippen molar-refractivity contribution in [3.05, 3.63) is 21.9 Å². The van der Waals surface area contributed by atoms with E-state index in [0.717, 1.165) is 11.1 Å². The first-order valence-corrected chi connectivity index (χ1v) is 5.44. The standard InChI is InChI=1S/C9H12N2OS2/c1-6-4-14-5-7(6)9(12)11(2)3-8(10)13/h4-5H,3H2,1-2H3,(H2,10,13). The Morgan fingerprint density at radius 3 is 2.71 bits per heavy atom. The van der Waals surface area contributed by atoms with Crippen molar-refractivity contribution in [1.29, 1.82) is 0 Å². The van der Waals surface area contributed by atoms with Gasteiger partial charge in [0.2, 0.25) is 0 Å². The fraction of sp³-hybridized carbons (Fsp3) is 0.333. The van der Waals surface area contributed by atoms with Crippen molar-refractivity contribution < 1.29 is 4.79 Å². The van der Waals surface area contributed by atoms with E-state index in [1.807, 2.05) is 17.7 Å². The maximum absolute atomic E-state index is 11.8. The van der Waals surface area contributed by atoms with Crippen molar-refractivity contribution in [1.82, 2.24) is 4.90 Å². The molecule has 0 unspecified atom stereocenters. The number of rotatable bonds is 3. The number of thiocarbonyl (C=S) groups is 1. The van der Waals surface area contributed by atoms with Crippen molar-refractivity contribution in [2.75, 3.05) is 13.6 Å². The summed E-state index contributed by atoms with van der Waals surface area (Å²) >= 11 is 6.26. The summed E-state index contributed by atoms with van der Waals surface area (Å²) in [5.74, 6) is -0.0310. The predicted molar refractivity (Wildman–Crippen MR) is 62.8 cm³/mol.